The molecular formula is C16H15NO4. The number of oxazole rings is 1. The lowest BCUT2D eigenvalue weighted by Crippen LogP contribution is -2.15. The van der Waals surface area contributed by atoms with Crippen LogP contribution < -0.4 is 0 Å². The zero-order valence-electron chi connectivity index (χ0n) is 11.7. The van der Waals surface area contributed by atoms with E-state index in [2.05, 4.69) is 4.98 Å². The summed E-state index contributed by atoms with van der Waals surface area (Å²) in [5.74, 6) is 0.538. The first kappa shape index (κ1) is 13.5. The van der Waals surface area contributed by atoms with Crippen molar-refractivity contribution >= 4 is 11.1 Å². The van der Waals surface area contributed by atoms with Gasteiger partial charge in [-0.15, -0.1) is 0 Å². The number of aromatic nitrogens is 1. The molecule has 3 aromatic rings. The maximum Gasteiger partial charge on any atom is 0.227 e. The van der Waals surface area contributed by atoms with Crippen molar-refractivity contribution in [2.45, 2.75) is 19.4 Å². The lowest BCUT2D eigenvalue weighted by Gasteiger charge is -2.17. The summed E-state index contributed by atoms with van der Waals surface area (Å²) >= 11 is 0. The van der Waals surface area contributed by atoms with Crippen molar-refractivity contribution in [2.24, 2.45) is 0 Å². The number of fused-ring (bicyclic) bond motifs is 1. The Balaban J connectivity index is 2.22. The highest BCUT2D eigenvalue weighted by molar-refractivity contribution is 5.81. The lowest BCUT2D eigenvalue weighted by molar-refractivity contribution is 0.0789. The molecule has 0 aliphatic rings. The van der Waals surface area contributed by atoms with Gasteiger partial charge >= 0.3 is 0 Å². The van der Waals surface area contributed by atoms with Gasteiger partial charge < -0.3 is 19.7 Å². The third-order valence-electron chi connectivity index (χ3n) is 3.25. The molecule has 0 fully saturated rings. The molecule has 5 heteroatoms. The maximum absolute atomic E-state index is 10.2. The Hall–Kier alpha value is -2.53. The van der Waals surface area contributed by atoms with Crippen LogP contribution in [0.2, 0.25) is 0 Å². The van der Waals surface area contributed by atoms with E-state index in [4.69, 9.17) is 4.42 Å². The topological polar surface area (TPSA) is 86.7 Å². The first-order chi connectivity index (χ1) is 9.84. The molecular weight excluding hydrogens is 270 g/mol. The number of aliphatic hydroxyl groups is 1. The normalized spacial score (nSPS) is 12.0. The lowest BCUT2D eigenvalue weighted by atomic mass is 9.97. The van der Waals surface area contributed by atoms with Crippen molar-refractivity contribution in [1.82, 2.24) is 4.98 Å². The summed E-state index contributed by atoms with van der Waals surface area (Å²) in [6.07, 6.45) is 0. The number of phenolic OH excluding ortho intramolecular Hbond substituents is 2. The van der Waals surface area contributed by atoms with Crippen molar-refractivity contribution in [3.05, 3.63) is 42.0 Å². The van der Waals surface area contributed by atoms with Crippen LogP contribution >= 0.6 is 0 Å². The molecule has 0 spiro atoms. The van der Waals surface area contributed by atoms with Gasteiger partial charge in [0.25, 0.3) is 0 Å². The summed E-state index contributed by atoms with van der Waals surface area (Å²) in [5.41, 5.74) is 0.904. The van der Waals surface area contributed by atoms with Gasteiger partial charge in [0.2, 0.25) is 5.89 Å². The monoisotopic (exact) mass is 285 g/mol. The number of phenols is 2. The second kappa shape index (κ2) is 4.49. The van der Waals surface area contributed by atoms with Crippen LogP contribution in [0, 0.1) is 0 Å². The minimum Gasteiger partial charge on any atom is -0.508 e. The van der Waals surface area contributed by atoms with Crippen LogP contribution in [0.25, 0.3) is 22.6 Å². The van der Waals surface area contributed by atoms with Crippen molar-refractivity contribution in [1.29, 1.82) is 0 Å². The number of nitrogens with zero attached hydrogens (tertiary/aromatic N) is 1. The highest BCUT2D eigenvalue weighted by Crippen LogP contribution is 2.35. The highest BCUT2D eigenvalue weighted by atomic mass is 16.4. The molecule has 5 nitrogen and oxygen atoms in total. The van der Waals surface area contributed by atoms with Gasteiger partial charge in [-0.1, -0.05) is 0 Å². The van der Waals surface area contributed by atoms with Gasteiger partial charge in [0.1, 0.15) is 17.0 Å². The summed E-state index contributed by atoms with van der Waals surface area (Å²) in [6, 6.07) is 9.40. The Bertz CT molecular complexity index is 797. The summed E-state index contributed by atoms with van der Waals surface area (Å²) in [7, 11) is 0. The predicted molar refractivity (Wildman–Crippen MR) is 78.0 cm³/mol. The molecule has 1 aromatic heterocycles. The van der Waals surface area contributed by atoms with Crippen molar-refractivity contribution in [2.75, 3.05) is 0 Å². The quantitative estimate of drug-likeness (QED) is 0.673. The van der Waals surface area contributed by atoms with Gasteiger partial charge in [-0.25, -0.2) is 4.98 Å². The zero-order chi connectivity index (χ0) is 15.2. The fraction of sp³-hybridized carbons (Fsp3) is 0.188. The first-order valence-corrected chi connectivity index (χ1v) is 6.50. The summed E-state index contributed by atoms with van der Waals surface area (Å²) in [5, 5.41) is 29.3. The van der Waals surface area contributed by atoms with E-state index in [0.29, 0.717) is 28.1 Å². The molecule has 0 atom stereocenters. The average Bonchev–Trinajstić information content (AvgIpc) is 2.80. The van der Waals surface area contributed by atoms with Crippen molar-refractivity contribution in [3.8, 4) is 23.0 Å². The molecule has 0 unspecified atom stereocenters. The molecule has 0 bridgehead atoms. The van der Waals surface area contributed by atoms with E-state index in [1.54, 1.807) is 38.1 Å². The molecule has 0 aliphatic heterocycles. The molecule has 0 radical (unpaired) electrons. The second-order valence-corrected chi connectivity index (χ2v) is 5.47. The average molecular weight is 285 g/mol. The molecule has 0 saturated carbocycles. The van der Waals surface area contributed by atoms with Crippen molar-refractivity contribution < 1.29 is 19.7 Å². The molecule has 0 saturated heterocycles. The van der Waals surface area contributed by atoms with E-state index in [9.17, 15) is 15.3 Å². The third-order valence-corrected chi connectivity index (χ3v) is 3.25. The van der Waals surface area contributed by atoms with Crippen LogP contribution in [0.3, 0.4) is 0 Å². The standard InChI is InChI=1S/C16H15NO4/c1-16(2,20)12-7-11(19)8-13-14(12)21-15(17-13)9-3-5-10(18)6-4-9/h3-8,18-20H,1-2H3. The van der Waals surface area contributed by atoms with Crippen LogP contribution in [0.15, 0.2) is 40.8 Å². The summed E-state index contributed by atoms with van der Waals surface area (Å²) in [6.45, 7) is 3.23. The molecule has 2 aromatic carbocycles. The van der Waals surface area contributed by atoms with E-state index in [1.807, 2.05) is 0 Å². The number of benzene rings is 2. The number of aromatic hydroxyl groups is 2. The molecule has 3 N–H and O–H groups in total. The SMILES string of the molecule is CC(C)(O)c1cc(O)cc2nc(-c3ccc(O)cc3)oc12. The smallest absolute Gasteiger partial charge is 0.227 e. The van der Waals surface area contributed by atoms with Crippen LogP contribution in [0.1, 0.15) is 19.4 Å². The van der Waals surface area contributed by atoms with Gasteiger partial charge in [0.15, 0.2) is 5.58 Å². The zero-order valence-corrected chi connectivity index (χ0v) is 11.7. The van der Waals surface area contributed by atoms with Crippen LogP contribution in [-0.4, -0.2) is 20.3 Å². The van der Waals surface area contributed by atoms with E-state index >= 15 is 0 Å². The number of hydrogen-bond donors (Lipinski definition) is 3. The Kier molecular flexibility index (Phi) is 2.88. The van der Waals surface area contributed by atoms with Gasteiger partial charge in [0.05, 0.1) is 5.60 Å². The Labute approximate surface area is 121 Å². The molecule has 0 amide bonds. The van der Waals surface area contributed by atoms with E-state index in [1.165, 1.54) is 12.1 Å². The number of hydrogen-bond acceptors (Lipinski definition) is 5. The van der Waals surface area contributed by atoms with Crippen LogP contribution in [0.5, 0.6) is 11.5 Å². The van der Waals surface area contributed by atoms with Gasteiger partial charge in [0, 0.05) is 17.2 Å². The molecule has 3 rings (SSSR count). The Morgan fingerprint density at radius 2 is 1.67 bits per heavy atom. The first-order valence-electron chi connectivity index (χ1n) is 6.50. The largest absolute Gasteiger partial charge is 0.508 e. The van der Waals surface area contributed by atoms with Crippen LogP contribution in [0.4, 0.5) is 0 Å². The van der Waals surface area contributed by atoms with E-state index < -0.39 is 5.60 Å². The Morgan fingerprint density at radius 1 is 1.00 bits per heavy atom. The van der Waals surface area contributed by atoms with Gasteiger partial charge in [-0.2, -0.15) is 0 Å². The predicted octanol–water partition coefficient (Wildman–Crippen LogP) is 3.13. The molecule has 0 aliphatic carbocycles. The molecule has 1 heterocycles. The highest BCUT2D eigenvalue weighted by Gasteiger charge is 2.24. The van der Waals surface area contributed by atoms with Crippen LogP contribution in [-0.2, 0) is 5.60 Å². The second-order valence-electron chi connectivity index (χ2n) is 5.47. The minimum atomic E-state index is -1.16. The summed E-state index contributed by atoms with van der Waals surface area (Å²) in [4.78, 5) is 4.33. The van der Waals surface area contributed by atoms with Gasteiger partial charge in [-0.3, -0.25) is 0 Å². The Morgan fingerprint density at radius 3 is 2.29 bits per heavy atom. The molecule has 21 heavy (non-hydrogen) atoms. The fourth-order valence-corrected chi connectivity index (χ4v) is 2.20. The van der Waals surface area contributed by atoms with Crippen molar-refractivity contribution in [3.63, 3.8) is 0 Å². The minimum absolute atomic E-state index is 0.0187. The summed E-state index contributed by atoms with van der Waals surface area (Å²) < 4.78 is 5.74. The third kappa shape index (κ3) is 2.43. The fourth-order valence-electron chi connectivity index (χ4n) is 2.20. The van der Waals surface area contributed by atoms with Gasteiger partial charge in [-0.05, 0) is 44.2 Å². The van der Waals surface area contributed by atoms with E-state index in [-0.39, 0.29) is 11.5 Å². The maximum atomic E-state index is 10.2. The number of rotatable bonds is 2. The molecule has 108 valence electrons. The van der Waals surface area contributed by atoms with E-state index in [0.717, 1.165) is 0 Å².